The molecule has 0 radical (unpaired) electrons. The van der Waals surface area contributed by atoms with E-state index in [1.165, 1.54) is 0 Å². The molecular weight excluding hydrogens is 232 g/mol. The van der Waals surface area contributed by atoms with Crippen molar-refractivity contribution >= 4 is 24.4 Å². The first-order chi connectivity index (χ1) is 7.87. The molecular formula is C8H10N4O5. The van der Waals surface area contributed by atoms with Gasteiger partial charge in [0, 0.05) is 6.92 Å². The Morgan fingerprint density at radius 3 is 2.65 bits per heavy atom. The second-order valence-electron chi connectivity index (χ2n) is 3.45. The van der Waals surface area contributed by atoms with Gasteiger partial charge in [-0.3, -0.25) is 14.9 Å². The highest BCUT2D eigenvalue weighted by Gasteiger charge is 2.46. The quantitative estimate of drug-likeness (QED) is 0.473. The Kier molecular flexibility index (Phi) is 3.51. The third-order valence-corrected chi connectivity index (χ3v) is 2.13. The monoisotopic (exact) mass is 242 g/mol. The smallest absolute Gasteiger partial charge is 0.352 e. The third kappa shape index (κ3) is 2.83. The summed E-state index contributed by atoms with van der Waals surface area (Å²) in [6.07, 6.45) is 1.44. The van der Waals surface area contributed by atoms with E-state index < -0.39 is 34.9 Å². The van der Waals surface area contributed by atoms with Crippen LogP contribution in [0.15, 0.2) is 9.98 Å². The SMILES string of the molecule is CC(=O)NC(CC1([N+](=O)[O-])C=NC=N1)C(=O)O. The molecule has 0 saturated carbocycles. The zero-order valence-corrected chi connectivity index (χ0v) is 8.86. The summed E-state index contributed by atoms with van der Waals surface area (Å²) < 4.78 is 0. The maximum atomic E-state index is 10.9. The lowest BCUT2D eigenvalue weighted by Crippen LogP contribution is -2.48. The zero-order chi connectivity index (χ0) is 13.1. The average Bonchev–Trinajstić information content (AvgIpc) is 2.65. The minimum Gasteiger partial charge on any atom is -0.480 e. The van der Waals surface area contributed by atoms with Crippen molar-refractivity contribution in [1.82, 2.24) is 5.32 Å². The number of nitrogens with one attached hydrogen (secondary N) is 1. The van der Waals surface area contributed by atoms with E-state index >= 15 is 0 Å². The highest BCUT2D eigenvalue weighted by molar-refractivity contribution is 5.87. The minimum atomic E-state index is -1.91. The van der Waals surface area contributed by atoms with Gasteiger partial charge in [-0.25, -0.2) is 9.79 Å². The van der Waals surface area contributed by atoms with Crippen LogP contribution in [0, 0.1) is 10.1 Å². The van der Waals surface area contributed by atoms with E-state index in [0.29, 0.717) is 0 Å². The summed E-state index contributed by atoms with van der Waals surface area (Å²) in [5.74, 6) is -1.95. The van der Waals surface area contributed by atoms with Gasteiger partial charge in [0.15, 0.2) is 0 Å². The number of aliphatic imine (C=N–C) groups is 2. The van der Waals surface area contributed by atoms with E-state index in [1.54, 1.807) is 0 Å². The molecule has 1 heterocycles. The number of carboxylic acids is 1. The number of carbonyl (C=O) groups excluding carboxylic acids is 1. The lowest BCUT2D eigenvalue weighted by molar-refractivity contribution is -0.544. The Hall–Kier alpha value is -2.32. The molecule has 0 aromatic carbocycles. The highest BCUT2D eigenvalue weighted by Crippen LogP contribution is 2.20. The second-order valence-corrected chi connectivity index (χ2v) is 3.45. The van der Waals surface area contributed by atoms with Crippen molar-refractivity contribution in [3.8, 4) is 0 Å². The molecule has 0 aliphatic carbocycles. The van der Waals surface area contributed by atoms with Gasteiger partial charge in [-0.15, -0.1) is 0 Å². The second kappa shape index (κ2) is 4.68. The number of carbonyl (C=O) groups is 2. The number of rotatable bonds is 5. The summed E-state index contributed by atoms with van der Waals surface area (Å²) in [5, 5.41) is 21.8. The number of aliphatic carboxylic acids is 1. The van der Waals surface area contributed by atoms with Crippen molar-refractivity contribution in [2.75, 3.05) is 0 Å². The molecule has 2 N–H and O–H groups in total. The third-order valence-electron chi connectivity index (χ3n) is 2.13. The Morgan fingerprint density at radius 2 is 2.29 bits per heavy atom. The first kappa shape index (κ1) is 12.7. The number of amides is 1. The molecule has 9 nitrogen and oxygen atoms in total. The predicted molar refractivity (Wildman–Crippen MR) is 56.6 cm³/mol. The maximum absolute atomic E-state index is 10.9. The van der Waals surface area contributed by atoms with Crippen molar-refractivity contribution in [3.63, 3.8) is 0 Å². The van der Waals surface area contributed by atoms with Gasteiger partial charge in [0.2, 0.25) is 5.91 Å². The van der Waals surface area contributed by atoms with E-state index in [0.717, 1.165) is 19.5 Å². The Morgan fingerprint density at radius 1 is 1.65 bits per heavy atom. The lowest BCUT2D eigenvalue weighted by atomic mass is 10.0. The van der Waals surface area contributed by atoms with Crippen LogP contribution in [-0.4, -0.2) is 46.2 Å². The fraction of sp³-hybridized carbons (Fsp3) is 0.500. The molecule has 1 aliphatic rings. The molecule has 0 spiro atoms. The molecule has 1 rings (SSSR count). The largest absolute Gasteiger partial charge is 0.480 e. The van der Waals surface area contributed by atoms with Crippen LogP contribution in [0.4, 0.5) is 0 Å². The molecule has 0 fully saturated rings. The summed E-state index contributed by atoms with van der Waals surface area (Å²) in [6, 6.07) is -1.39. The molecule has 17 heavy (non-hydrogen) atoms. The van der Waals surface area contributed by atoms with Crippen molar-refractivity contribution < 1.29 is 19.6 Å². The molecule has 92 valence electrons. The lowest BCUT2D eigenvalue weighted by Gasteiger charge is -2.19. The molecule has 0 aromatic rings. The molecule has 0 saturated heterocycles. The Balaban J connectivity index is 2.88. The van der Waals surface area contributed by atoms with Crippen LogP contribution < -0.4 is 5.32 Å². The van der Waals surface area contributed by atoms with Crippen LogP contribution in [0.3, 0.4) is 0 Å². The van der Waals surface area contributed by atoms with Crippen LogP contribution in [0.2, 0.25) is 0 Å². The van der Waals surface area contributed by atoms with Crippen molar-refractivity contribution in [2.24, 2.45) is 9.98 Å². The standard InChI is InChI=1S/C8H10N4O5/c1-5(13)11-6(7(14)15)2-8(12(16)17)3-9-4-10-8/h3-4,6H,2H2,1H3,(H,11,13)(H,14,15). The number of nitro groups is 1. The Labute approximate surface area is 95.4 Å². The van der Waals surface area contributed by atoms with Crippen LogP contribution in [-0.2, 0) is 9.59 Å². The van der Waals surface area contributed by atoms with E-state index in [4.69, 9.17) is 5.11 Å². The number of carboxylic acid groups (broad SMARTS) is 1. The van der Waals surface area contributed by atoms with Crippen molar-refractivity contribution in [2.45, 2.75) is 25.0 Å². The fourth-order valence-corrected chi connectivity index (χ4v) is 1.34. The van der Waals surface area contributed by atoms with Gasteiger partial charge in [0.1, 0.15) is 18.6 Å². The normalized spacial score (nSPS) is 23.4. The summed E-state index contributed by atoms with van der Waals surface area (Å²) in [5.41, 5.74) is -1.91. The van der Waals surface area contributed by atoms with E-state index in [9.17, 15) is 19.7 Å². The topological polar surface area (TPSA) is 134 Å². The number of hydrogen-bond acceptors (Lipinski definition) is 6. The van der Waals surface area contributed by atoms with Gasteiger partial charge in [-0.05, 0) is 0 Å². The summed E-state index contributed by atoms with van der Waals surface area (Å²) in [4.78, 5) is 38.8. The minimum absolute atomic E-state index is 0.491. The van der Waals surface area contributed by atoms with E-state index in [1.807, 2.05) is 0 Å². The first-order valence-corrected chi connectivity index (χ1v) is 4.60. The molecule has 0 bridgehead atoms. The van der Waals surface area contributed by atoms with E-state index in [-0.39, 0.29) is 0 Å². The van der Waals surface area contributed by atoms with Crippen LogP contribution >= 0.6 is 0 Å². The van der Waals surface area contributed by atoms with Gasteiger partial charge < -0.3 is 10.4 Å². The first-order valence-electron chi connectivity index (χ1n) is 4.60. The fourth-order valence-electron chi connectivity index (χ4n) is 1.34. The highest BCUT2D eigenvalue weighted by atomic mass is 16.6. The molecule has 9 heteroatoms. The Bertz CT molecular complexity index is 404. The molecule has 1 aliphatic heterocycles. The van der Waals surface area contributed by atoms with E-state index in [2.05, 4.69) is 15.3 Å². The number of hydrogen-bond donors (Lipinski definition) is 2. The van der Waals surface area contributed by atoms with Crippen LogP contribution in [0.25, 0.3) is 0 Å². The van der Waals surface area contributed by atoms with Crippen LogP contribution in [0.1, 0.15) is 13.3 Å². The summed E-state index contributed by atoms with van der Waals surface area (Å²) in [6.45, 7) is 1.13. The van der Waals surface area contributed by atoms with Gasteiger partial charge in [-0.2, -0.15) is 4.99 Å². The van der Waals surface area contributed by atoms with Gasteiger partial charge in [0.05, 0.1) is 11.3 Å². The molecule has 2 unspecified atom stereocenters. The predicted octanol–water partition coefficient (Wildman–Crippen LogP) is -0.948. The van der Waals surface area contributed by atoms with Gasteiger partial charge >= 0.3 is 11.6 Å². The maximum Gasteiger partial charge on any atom is 0.352 e. The van der Waals surface area contributed by atoms with Gasteiger partial charge in [-0.1, -0.05) is 0 Å². The number of nitrogens with zero attached hydrogens (tertiary/aromatic N) is 3. The zero-order valence-electron chi connectivity index (χ0n) is 8.86. The van der Waals surface area contributed by atoms with Crippen LogP contribution in [0.5, 0.6) is 0 Å². The van der Waals surface area contributed by atoms with Gasteiger partial charge in [0.25, 0.3) is 0 Å². The summed E-state index contributed by atoms with van der Waals surface area (Å²) >= 11 is 0. The van der Waals surface area contributed by atoms with Crippen molar-refractivity contribution in [3.05, 3.63) is 10.1 Å². The molecule has 0 aromatic heterocycles. The molecule has 2 atom stereocenters. The summed E-state index contributed by atoms with van der Waals surface area (Å²) in [7, 11) is 0. The average molecular weight is 242 g/mol. The van der Waals surface area contributed by atoms with Crippen molar-refractivity contribution in [1.29, 1.82) is 0 Å². The molecule has 1 amide bonds.